The normalized spacial score (nSPS) is 14.1. The average Bonchev–Trinajstić information content (AvgIpc) is 3.25. The van der Waals surface area contributed by atoms with Gasteiger partial charge in [-0.05, 0) is 40.7 Å². The Hall–Kier alpha value is -2.38. The fraction of sp³-hybridized carbons (Fsp3) is 0.235. The van der Waals surface area contributed by atoms with E-state index in [1.165, 1.54) is 22.3 Å². The van der Waals surface area contributed by atoms with E-state index in [-0.39, 0.29) is 0 Å². The van der Waals surface area contributed by atoms with Crippen LogP contribution in [-0.4, -0.2) is 36.7 Å². The van der Waals surface area contributed by atoms with Crippen LogP contribution in [0.2, 0.25) is 0 Å². The molecule has 0 radical (unpaired) electrons. The number of aromatic amines is 1. The number of aromatic nitrogens is 4. The highest BCUT2D eigenvalue weighted by Gasteiger charge is 2.23. The van der Waals surface area contributed by atoms with Gasteiger partial charge >= 0.3 is 7.60 Å². The third-order valence-electron chi connectivity index (χ3n) is 4.51. The summed E-state index contributed by atoms with van der Waals surface area (Å²) in [7, 11) is -4.18. The highest BCUT2D eigenvalue weighted by molar-refractivity contribution is 7.51. The van der Waals surface area contributed by atoms with Gasteiger partial charge in [0.2, 0.25) is 0 Å². The first-order valence-corrected chi connectivity index (χ1v) is 10.0. The summed E-state index contributed by atoms with van der Waals surface area (Å²) in [5.74, 6) is 0.377. The first-order chi connectivity index (χ1) is 12.5. The van der Waals surface area contributed by atoms with E-state index in [0.29, 0.717) is 12.2 Å². The van der Waals surface area contributed by atoms with E-state index < -0.39 is 19.9 Å². The average molecular weight is 371 g/mol. The van der Waals surface area contributed by atoms with Crippen LogP contribution in [-0.2, 0) is 17.4 Å². The minimum Gasteiger partial charge on any atom is -0.324 e. The molecule has 0 amide bonds. The second-order valence-electron chi connectivity index (χ2n) is 6.38. The number of hydrogen-bond acceptors (Lipinski definition) is 5. The van der Waals surface area contributed by atoms with Crippen LogP contribution in [0, 0.1) is 0 Å². The predicted octanol–water partition coefficient (Wildman–Crippen LogP) is 1.78. The summed E-state index contributed by atoms with van der Waals surface area (Å²) in [6.45, 7) is 0. The van der Waals surface area contributed by atoms with Crippen molar-refractivity contribution in [3.8, 4) is 11.1 Å². The van der Waals surface area contributed by atoms with Crippen molar-refractivity contribution in [3.05, 3.63) is 65.0 Å². The maximum Gasteiger partial charge on any atom is 0.339 e. The lowest BCUT2D eigenvalue weighted by molar-refractivity contribution is 0.362. The van der Waals surface area contributed by atoms with Crippen LogP contribution in [0.5, 0.6) is 0 Å². The summed E-state index contributed by atoms with van der Waals surface area (Å²) in [4.78, 5) is 18.3. The van der Waals surface area contributed by atoms with Gasteiger partial charge in [0.15, 0.2) is 5.82 Å². The molecule has 0 bridgehead atoms. The topological polar surface area (TPSA) is 124 Å². The maximum absolute atomic E-state index is 11.2. The first kappa shape index (κ1) is 17.1. The summed E-state index contributed by atoms with van der Waals surface area (Å²) in [6.07, 6.45) is 0.952. The minimum absolute atomic E-state index is 0.377. The van der Waals surface area contributed by atoms with Gasteiger partial charge in [-0.1, -0.05) is 47.7 Å². The number of hydrogen-bond donors (Lipinski definition) is 4. The molecule has 4 N–H and O–H groups in total. The molecule has 1 aliphatic rings. The molecule has 0 fully saturated rings. The molecule has 1 unspecified atom stereocenters. The van der Waals surface area contributed by atoms with E-state index in [1.54, 1.807) is 0 Å². The lowest BCUT2D eigenvalue weighted by Gasteiger charge is -2.16. The van der Waals surface area contributed by atoms with Crippen LogP contribution in [0.1, 0.15) is 28.6 Å². The first-order valence-electron chi connectivity index (χ1n) is 8.21. The maximum atomic E-state index is 11.2. The van der Waals surface area contributed by atoms with E-state index in [2.05, 4.69) is 50.2 Å². The Morgan fingerprint density at radius 1 is 1.15 bits per heavy atom. The van der Waals surface area contributed by atoms with Crippen LogP contribution in [0.15, 0.2) is 42.5 Å². The number of nitrogens with zero attached hydrogens (tertiary/aromatic N) is 3. The van der Waals surface area contributed by atoms with Gasteiger partial charge in [0.05, 0.1) is 12.3 Å². The van der Waals surface area contributed by atoms with E-state index in [9.17, 15) is 4.57 Å². The number of nitrogens with one attached hydrogen (secondary N) is 2. The molecule has 2 aromatic carbocycles. The molecule has 0 saturated carbocycles. The summed E-state index contributed by atoms with van der Waals surface area (Å²) in [5.41, 5.74) is 6.12. The summed E-state index contributed by atoms with van der Waals surface area (Å²) < 4.78 is 11.2. The van der Waals surface area contributed by atoms with Crippen molar-refractivity contribution in [2.75, 3.05) is 6.29 Å². The molecule has 1 heterocycles. The third-order valence-corrected chi connectivity index (χ3v) is 5.11. The molecule has 26 heavy (non-hydrogen) atoms. The van der Waals surface area contributed by atoms with Crippen molar-refractivity contribution in [1.82, 2.24) is 25.9 Å². The van der Waals surface area contributed by atoms with Crippen LogP contribution >= 0.6 is 7.60 Å². The highest BCUT2D eigenvalue weighted by Crippen LogP contribution is 2.37. The Balaban J connectivity index is 1.57. The molecule has 0 saturated heterocycles. The van der Waals surface area contributed by atoms with Gasteiger partial charge in [-0.3, -0.25) is 9.88 Å². The molecule has 3 aromatic rings. The standard InChI is InChI=1S/C17H18N5O3P/c23-26(24,25)10-18-16(17-19-21-22-20-17)8-11-5-6-15-13(7-11)9-12-3-1-2-4-14(12)15/h1-7,16,18H,8-10H2,(H2,23,24,25)(H,19,20,21,22). The molecule has 1 atom stereocenters. The third kappa shape index (κ3) is 3.59. The number of fused-ring (bicyclic) bond motifs is 3. The molecule has 134 valence electrons. The fourth-order valence-electron chi connectivity index (χ4n) is 3.36. The van der Waals surface area contributed by atoms with E-state index in [1.807, 2.05) is 18.2 Å². The van der Waals surface area contributed by atoms with Crippen molar-refractivity contribution >= 4 is 7.60 Å². The van der Waals surface area contributed by atoms with Crippen molar-refractivity contribution in [2.45, 2.75) is 18.9 Å². The largest absolute Gasteiger partial charge is 0.339 e. The zero-order valence-electron chi connectivity index (χ0n) is 13.8. The summed E-state index contributed by atoms with van der Waals surface area (Å²) in [6, 6.07) is 14.2. The van der Waals surface area contributed by atoms with Gasteiger partial charge < -0.3 is 9.79 Å². The van der Waals surface area contributed by atoms with Crippen LogP contribution in [0.25, 0.3) is 11.1 Å². The molecular formula is C17H18N5O3P. The van der Waals surface area contributed by atoms with Gasteiger partial charge in [-0.15, -0.1) is 10.2 Å². The molecule has 0 spiro atoms. The number of rotatable bonds is 6. The van der Waals surface area contributed by atoms with Crippen LogP contribution in [0.3, 0.4) is 0 Å². The van der Waals surface area contributed by atoms with Crippen molar-refractivity contribution in [1.29, 1.82) is 0 Å². The lowest BCUT2D eigenvalue weighted by Crippen LogP contribution is -2.25. The number of tetrazole rings is 1. The number of benzene rings is 2. The van der Waals surface area contributed by atoms with Crippen molar-refractivity contribution in [3.63, 3.8) is 0 Å². The Bertz CT molecular complexity index is 970. The predicted molar refractivity (Wildman–Crippen MR) is 95.4 cm³/mol. The molecule has 0 aliphatic heterocycles. The monoisotopic (exact) mass is 371 g/mol. The second-order valence-corrected chi connectivity index (χ2v) is 8.02. The molecule has 4 rings (SSSR count). The van der Waals surface area contributed by atoms with Gasteiger partial charge in [0.25, 0.3) is 0 Å². The van der Waals surface area contributed by atoms with Gasteiger partial charge in [0.1, 0.15) is 0 Å². The Morgan fingerprint density at radius 2 is 1.96 bits per heavy atom. The quantitative estimate of drug-likeness (QED) is 0.381. The van der Waals surface area contributed by atoms with Crippen molar-refractivity contribution in [2.24, 2.45) is 0 Å². The number of H-pyrrole nitrogens is 1. The van der Waals surface area contributed by atoms with Crippen molar-refractivity contribution < 1.29 is 14.4 Å². The Morgan fingerprint density at radius 3 is 2.73 bits per heavy atom. The van der Waals surface area contributed by atoms with Crippen LogP contribution in [0.4, 0.5) is 0 Å². The SMILES string of the molecule is O=P(O)(O)CNC(Cc1ccc2c(c1)Cc1ccccc1-2)c1nn[nH]n1. The highest BCUT2D eigenvalue weighted by atomic mass is 31.2. The Labute approximate surface area is 149 Å². The van der Waals surface area contributed by atoms with E-state index in [0.717, 1.165) is 12.0 Å². The molecule has 9 heteroatoms. The van der Waals surface area contributed by atoms with E-state index >= 15 is 0 Å². The van der Waals surface area contributed by atoms with Gasteiger partial charge in [0, 0.05) is 0 Å². The lowest BCUT2D eigenvalue weighted by atomic mass is 9.99. The Kier molecular flexibility index (Phi) is 4.42. The van der Waals surface area contributed by atoms with Gasteiger partial charge in [-0.25, -0.2) is 0 Å². The smallest absolute Gasteiger partial charge is 0.324 e. The minimum atomic E-state index is -4.18. The molecule has 1 aliphatic carbocycles. The summed E-state index contributed by atoms with van der Waals surface area (Å²) >= 11 is 0. The molecular weight excluding hydrogens is 353 g/mol. The van der Waals surface area contributed by atoms with Crippen LogP contribution < -0.4 is 5.32 Å². The van der Waals surface area contributed by atoms with Gasteiger partial charge in [-0.2, -0.15) is 5.21 Å². The fourth-order valence-corrected chi connectivity index (χ4v) is 3.82. The van der Waals surface area contributed by atoms with E-state index in [4.69, 9.17) is 9.79 Å². The second kappa shape index (κ2) is 6.74. The zero-order valence-corrected chi connectivity index (χ0v) is 14.7. The molecule has 1 aromatic heterocycles. The zero-order chi connectivity index (χ0) is 18.1. The summed E-state index contributed by atoms with van der Waals surface area (Å²) in [5, 5.41) is 16.7. The molecule has 8 nitrogen and oxygen atoms in total.